The second-order valence-electron chi connectivity index (χ2n) is 2.27. The molecule has 0 radical (unpaired) electrons. The van der Waals surface area contributed by atoms with Crippen LogP contribution in [0.4, 0.5) is 0 Å². The Kier molecular flexibility index (Phi) is 4.93. The molecule has 7 nitrogen and oxygen atoms in total. The van der Waals surface area contributed by atoms with E-state index in [9.17, 15) is 14.4 Å². The average Bonchev–Trinajstić information content (AvgIpc) is 2.10. The molecule has 1 atom stereocenters. The number of aliphatic carboxylic acids is 2. The summed E-state index contributed by atoms with van der Waals surface area (Å²) < 4.78 is 0. The molecule has 0 aromatic rings. The fraction of sp³-hybridized carbons (Fsp3) is 0.286. The Balaban J connectivity index is 3.86. The minimum Gasteiger partial charge on any atom is -0.479 e. The molecule has 0 saturated heterocycles. The third-order valence-electron chi connectivity index (χ3n) is 1.13. The third kappa shape index (κ3) is 5.72. The van der Waals surface area contributed by atoms with Gasteiger partial charge in [-0.1, -0.05) is 0 Å². The standard InChI is InChI=1S/C7H9NO6/c9-4(7(13)14)3-8-5(10)1-2-6(11)12/h1-2,4,9H,3H2,(H,8,10)(H,11,12)(H,13,14)/b2-1-. The minimum absolute atomic E-state index is 0.474. The van der Waals surface area contributed by atoms with Crippen LogP contribution in [-0.4, -0.2) is 45.8 Å². The molecule has 0 aromatic heterocycles. The number of hydrogen-bond donors (Lipinski definition) is 4. The van der Waals surface area contributed by atoms with Crippen LogP contribution in [0.5, 0.6) is 0 Å². The molecule has 0 heterocycles. The van der Waals surface area contributed by atoms with Gasteiger partial charge >= 0.3 is 11.9 Å². The van der Waals surface area contributed by atoms with E-state index in [4.69, 9.17) is 15.3 Å². The van der Waals surface area contributed by atoms with Gasteiger partial charge in [0.2, 0.25) is 5.91 Å². The van der Waals surface area contributed by atoms with Crippen LogP contribution in [0, 0.1) is 0 Å². The molecule has 0 aliphatic carbocycles. The summed E-state index contributed by atoms with van der Waals surface area (Å²) in [4.78, 5) is 30.7. The molecule has 1 amide bonds. The number of aliphatic hydroxyl groups excluding tert-OH is 1. The van der Waals surface area contributed by atoms with E-state index in [0.717, 1.165) is 6.08 Å². The number of carboxylic acid groups (broad SMARTS) is 2. The number of aliphatic hydroxyl groups is 1. The van der Waals surface area contributed by atoms with Crippen LogP contribution in [0.3, 0.4) is 0 Å². The molecule has 0 rings (SSSR count). The Bertz CT molecular complexity index is 271. The average molecular weight is 203 g/mol. The van der Waals surface area contributed by atoms with Gasteiger partial charge < -0.3 is 20.6 Å². The monoisotopic (exact) mass is 203 g/mol. The molecule has 7 heteroatoms. The summed E-state index contributed by atoms with van der Waals surface area (Å²) in [7, 11) is 0. The summed E-state index contributed by atoms with van der Waals surface area (Å²) in [5, 5.41) is 27.0. The van der Waals surface area contributed by atoms with Gasteiger partial charge in [-0.05, 0) is 0 Å². The van der Waals surface area contributed by atoms with E-state index in [-0.39, 0.29) is 0 Å². The second-order valence-corrected chi connectivity index (χ2v) is 2.27. The summed E-state index contributed by atoms with van der Waals surface area (Å²) in [6, 6.07) is 0. The molecule has 1 unspecified atom stereocenters. The Morgan fingerprint density at radius 3 is 2.21 bits per heavy atom. The van der Waals surface area contributed by atoms with Gasteiger partial charge in [0.25, 0.3) is 0 Å². The summed E-state index contributed by atoms with van der Waals surface area (Å²) in [6.45, 7) is -0.474. The van der Waals surface area contributed by atoms with Crippen molar-refractivity contribution in [2.75, 3.05) is 6.54 Å². The van der Waals surface area contributed by atoms with Crippen molar-refractivity contribution < 1.29 is 29.7 Å². The van der Waals surface area contributed by atoms with E-state index >= 15 is 0 Å². The highest BCUT2D eigenvalue weighted by Gasteiger charge is 2.12. The Labute approximate surface area is 78.7 Å². The number of hydrogen-bond acceptors (Lipinski definition) is 4. The number of carboxylic acids is 2. The normalized spacial score (nSPS) is 12.4. The lowest BCUT2D eigenvalue weighted by Crippen LogP contribution is -2.35. The Morgan fingerprint density at radius 1 is 1.21 bits per heavy atom. The molecule has 78 valence electrons. The summed E-state index contributed by atoms with van der Waals surface area (Å²) in [6.07, 6.45) is -0.378. The molecule has 0 aliphatic heterocycles. The van der Waals surface area contributed by atoms with E-state index in [1.54, 1.807) is 0 Å². The van der Waals surface area contributed by atoms with Crippen molar-refractivity contribution >= 4 is 17.8 Å². The lowest BCUT2D eigenvalue weighted by atomic mass is 10.3. The van der Waals surface area contributed by atoms with Crippen LogP contribution in [0.25, 0.3) is 0 Å². The van der Waals surface area contributed by atoms with Crippen molar-refractivity contribution in [1.82, 2.24) is 5.32 Å². The number of rotatable bonds is 5. The van der Waals surface area contributed by atoms with Crippen molar-refractivity contribution in [3.63, 3.8) is 0 Å². The summed E-state index contributed by atoms with van der Waals surface area (Å²) in [5.74, 6) is -3.54. The quantitative estimate of drug-likeness (QED) is 0.390. The first-order chi connectivity index (χ1) is 6.43. The van der Waals surface area contributed by atoms with Crippen molar-refractivity contribution in [1.29, 1.82) is 0 Å². The first kappa shape index (κ1) is 12.1. The Morgan fingerprint density at radius 2 is 1.79 bits per heavy atom. The number of amides is 1. The molecular weight excluding hydrogens is 194 g/mol. The van der Waals surface area contributed by atoms with Crippen LogP contribution in [0.1, 0.15) is 0 Å². The third-order valence-corrected chi connectivity index (χ3v) is 1.13. The fourth-order valence-corrected chi connectivity index (χ4v) is 0.490. The van der Waals surface area contributed by atoms with E-state index in [2.05, 4.69) is 0 Å². The second kappa shape index (κ2) is 5.70. The molecule has 0 saturated carbocycles. The maximum Gasteiger partial charge on any atom is 0.334 e. The van der Waals surface area contributed by atoms with E-state index in [1.165, 1.54) is 0 Å². The van der Waals surface area contributed by atoms with Crippen LogP contribution >= 0.6 is 0 Å². The van der Waals surface area contributed by atoms with Gasteiger partial charge in [-0.25, -0.2) is 9.59 Å². The van der Waals surface area contributed by atoms with Gasteiger partial charge in [-0.15, -0.1) is 0 Å². The zero-order valence-electron chi connectivity index (χ0n) is 7.01. The molecule has 0 aromatic carbocycles. The number of carbonyl (C=O) groups excluding carboxylic acids is 1. The van der Waals surface area contributed by atoms with E-state index in [1.807, 2.05) is 5.32 Å². The predicted octanol–water partition coefficient (Wildman–Crippen LogP) is -1.81. The minimum atomic E-state index is -1.70. The highest BCUT2D eigenvalue weighted by Crippen LogP contribution is 1.81. The van der Waals surface area contributed by atoms with E-state index < -0.39 is 30.5 Å². The molecule has 14 heavy (non-hydrogen) atoms. The zero-order chi connectivity index (χ0) is 11.1. The largest absolute Gasteiger partial charge is 0.479 e. The predicted molar refractivity (Wildman–Crippen MR) is 43.4 cm³/mol. The van der Waals surface area contributed by atoms with Crippen molar-refractivity contribution in [2.45, 2.75) is 6.10 Å². The molecule has 0 bridgehead atoms. The van der Waals surface area contributed by atoms with Crippen molar-refractivity contribution in [3.05, 3.63) is 12.2 Å². The summed E-state index contributed by atoms with van der Waals surface area (Å²) in [5.41, 5.74) is 0. The number of nitrogens with one attached hydrogen (secondary N) is 1. The summed E-state index contributed by atoms with van der Waals surface area (Å²) >= 11 is 0. The van der Waals surface area contributed by atoms with Crippen LogP contribution in [0.15, 0.2) is 12.2 Å². The molecule has 0 aliphatic rings. The van der Waals surface area contributed by atoms with Crippen LogP contribution in [0.2, 0.25) is 0 Å². The lowest BCUT2D eigenvalue weighted by Gasteiger charge is -2.04. The molecule has 0 spiro atoms. The van der Waals surface area contributed by atoms with Crippen molar-refractivity contribution in [3.8, 4) is 0 Å². The maximum atomic E-state index is 10.7. The zero-order valence-corrected chi connectivity index (χ0v) is 7.01. The van der Waals surface area contributed by atoms with Gasteiger partial charge in [0.05, 0.1) is 6.54 Å². The molecule has 4 N–H and O–H groups in total. The van der Waals surface area contributed by atoms with Crippen LogP contribution < -0.4 is 5.32 Å². The van der Waals surface area contributed by atoms with Gasteiger partial charge in [0.15, 0.2) is 6.10 Å². The maximum absolute atomic E-state index is 10.7. The van der Waals surface area contributed by atoms with Gasteiger partial charge in [0.1, 0.15) is 0 Å². The topological polar surface area (TPSA) is 124 Å². The van der Waals surface area contributed by atoms with Crippen LogP contribution in [-0.2, 0) is 14.4 Å². The fourth-order valence-electron chi connectivity index (χ4n) is 0.490. The Hall–Kier alpha value is -1.89. The molecular formula is C7H9NO6. The van der Waals surface area contributed by atoms with Gasteiger partial charge in [-0.3, -0.25) is 4.79 Å². The van der Waals surface area contributed by atoms with Gasteiger partial charge in [0, 0.05) is 12.2 Å². The highest BCUT2D eigenvalue weighted by atomic mass is 16.4. The van der Waals surface area contributed by atoms with Crippen molar-refractivity contribution in [2.24, 2.45) is 0 Å². The number of carbonyl (C=O) groups is 3. The SMILES string of the molecule is O=C(O)/C=C\C(=O)NCC(O)C(=O)O. The highest BCUT2D eigenvalue weighted by molar-refractivity contribution is 5.94. The first-order valence-electron chi connectivity index (χ1n) is 3.53. The lowest BCUT2D eigenvalue weighted by molar-refractivity contribution is -0.146. The smallest absolute Gasteiger partial charge is 0.334 e. The molecule has 0 fully saturated rings. The van der Waals surface area contributed by atoms with E-state index in [0.29, 0.717) is 6.08 Å². The first-order valence-corrected chi connectivity index (χ1v) is 3.53. The van der Waals surface area contributed by atoms with Gasteiger partial charge in [-0.2, -0.15) is 0 Å².